The number of nitrogen functional groups attached to an aromatic ring is 1. The molecule has 0 bridgehead atoms. The number of nitrogens with two attached hydrogens (primary N) is 1. The van der Waals surface area contributed by atoms with E-state index < -0.39 is 0 Å². The van der Waals surface area contributed by atoms with E-state index in [2.05, 4.69) is 4.90 Å². The van der Waals surface area contributed by atoms with Crippen LogP contribution >= 0.6 is 11.3 Å². The highest BCUT2D eigenvalue weighted by atomic mass is 32.1. The zero-order chi connectivity index (χ0) is 14.7. The minimum Gasteiger partial charge on any atom is -0.492 e. The average Bonchev–Trinajstić information content (AvgIpc) is 2.77. The van der Waals surface area contributed by atoms with Gasteiger partial charge in [-0.3, -0.25) is 4.79 Å². The number of nitrogens with zero attached hydrogens (tertiary/aromatic N) is 1. The van der Waals surface area contributed by atoms with Crippen molar-refractivity contribution in [3.05, 3.63) is 4.88 Å². The molecule has 0 saturated carbocycles. The van der Waals surface area contributed by atoms with Crippen LogP contribution in [-0.2, 0) is 4.74 Å². The lowest BCUT2D eigenvalue weighted by Crippen LogP contribution is -2.36. The number of Topliss-reactive ketones (excluding diaryl/α,β-unsaturated/α-hetero) is 1. The van der Waals surface area contributed by atoms with E-state index in [0.717, 1.165) is 37.5 Å². The zero-order valence-electron chi connectivity index (χ0n) is 12.3. The Kier molecular flexibility index (Phi) is 4.88. The molecular formula is C14H22N2O3S. The van der Waals surface area contributed by atoms with Gasteiger partial charge in [0, 0.05) is 26.6 Å². The third-order valence-corrected chi connectivity index (χ3v) is 4.89. The molecule has 0 radical (unpaired) electrons. The van der Waals surface area contributed by atoms with Crippen molar-refractivity contribution in [3.8, 4) is 5.75 Å². The number of rotatable bonds is 5. The van der Waals surface area contributed by atoms with Crippen LogP contribution in [-0.4, -0.2) is 38.7 Å². The van der Waals surface area contributed by atoms with Crippen LogP contribution in [0.25, 0.3) is 0 Å². The maximum absolute atomic E-state index is 11.6. The third kappa shape index (κ3) is 2.91. The lowest BCUT2D eigenvalue weighted by atomic mass is 10.1. The van der Waals surface area contributed by atoms with Gasteiger partial charge in [0.25, 0.3) is 0 Å². The Bertz CT molecular complexity index is 479. The Balaban J connectivity index is 2.17. The Morgan fingerprint density at radius 3 is 2.60 bits per heavy atom. The summed E-state index contributed by atoms with van der Waals surface area (Å²) < 4.78 is 11.1. The van der Waals surface area contributed by atoms with E-state index in [-0.39, 0.29) is 5.78 Å². The van der Waals surface area contributed by atoms with Gasteiger partial charge in [-0.25, -0.2) is 0 Å². The summed E-state index contributed by atoms with van der Waals surface area (Å²) in [5.74, 6) is 0.622. The number of carbonyl (C=O) groups excluding carboxylic acids is 1. The van der Waals surface area contributed by atoms with E-state index in [0.29, 0.717) is 22.4 Å². The van der Waals surface area contributed by atoms with Gasteiger partial charge in [-0.15, -0.1) is 11.3 Å². The fraction of sp³-hybridized carbons (Fsp3) is 0.643. The molecule has 1 aliphatic rings. The van der Waals surface area contributed by atoms with Gasteiger partial charge in [0.2, 0.25) is 0 Å². The van der Waals surface area contributed by atoms with Gasteiger partial charge < -0.3 is 20.1 Å². The van der Waals surface area contributed by atoms with Crippen LogP contribution in [0, 0.1) is 0 Å². The van der Waals surface area contributed by atoms with Crippen molar-refractivity contribution in [1.29, 1.82) is 0 Å². The smallest absolute Gasteiger partial charge is 0.177 e. The van der Waals surface area contributed by atoms with Gasteiger partial charge >= 0.3 is 0 Å². The van der Waals surface area contributed by atoms with E-state index in [1.54, 1.807) is 7.11 Å². The number of ketones is 1. The monoisotopic (exact) mass is 298 g/mol. The van der Waals surface area contributed by atoms with E-state index in [1.165, 1.54) is 18.3 Å². The maximum Gasteiger partial charge on any atom is 0.177 e. The fourth-order valence-corrected chi connectivity index (χ4v) is 3.68. The summed E-state index contributed by atoms with van der Waals surface area (Å²) in [5.41, 5.74) is 6.48. The maximum atomic E-state index is 11.6. The van der Waals surface area contributed by atoms with Gasteiger partial charge in [-0.2, -0.15) is 0 Å². The van der Waals surface area contributed by atoms with Gasteiger partial charge in [0.1, 0.15) is 5.00 Å². The predicted molar refractivity (Wildman–Crippen MR) is 82.1 cm³/mol. The highest BCUT2D eigenvalue weighted by Gasteiger charge is 2.27. The van der Waals surface area contributed by atoms with Crippen molar-refractivity contribution in [2.75, 3.05) is 37.4 Å². The minimum atomic E-state index is -0.0127. The number of carbonyl (C=O) groups is 1. The summed E-state index contributed by atoms with van der Waals surface area (Å²) in [4.78, 5) is 14.4. The quantitative estimate of drug-likeness (QED) is 0.846. The molecule has 2 heterocycles. The lowest BCUT2D eigenvalue weighted by Gasteiger charge is -2.32. The Morgan fingerprint density at radius 1 is 1.45 bits per heavy atom. The van der Waals surface area contributed by atoms with E-state index in [9.17, 15) is 4.79 Å². The average molecular weight is 298 g/mol. The molecule has 0 spiro atoms. The molecule has 5 nitrogen and oxygen atoms in total. The van der Waals surface area contributed by atoms with E-state index in [1.807, 2.05) is 6.92 Å². The van der Waals surface area contributed by atoms with Crippen molar-refractivity contribution < 1.29 is 14.3 Å². The van der Waals surface area contributed by atoms with Crippen molar-refractivity contribution in [3.63, 3.8) is 0 Å². The number of thiophene rings is 1. The second kappa shape index (κ2) is 6.45. The third-order valence-electron chi connectivity index (χ3n) is 3.54. The number of piperidine rings is 1. The topological polar surface area (TPSA) is 64.8 Å². The summed E-state index contributed by atoms with van der Waals surface area (Å²) in [6.07, 6.45) is 2.32. The van der Waals surface area contributed by atoms with Crippen molar-refractivity contribution in [2.24, 2.45) is 0 Å². The molecule has 1 aromatic rings. The molecule has 1 fully saturated rings. The zero-order valence-corrected chi connectivity index (χ0v) is 13.1. The first-order valence-electron chi connectivity index (χ1n) is 6.92. The molecule has 20 heavy (non-hydrogen) atoms. The van der Waals surface area contributed by atoms with Crippen LogP contribution in [0.5, 0.6) is 5.75 Å². The molecule has 1 aromatic heterocycles. The summed E-state index contributed by atoms with van der Waals surface area (Å²) >= 11 is 1.43. The second-order valence-electron chi connectivity index (χ2n) is 4.88. The molecule has 0 aliphatic carbocycles. The molecule has 112 valence electrons. The molecule has 0 aromatic carbocycles. The highest BCUT2D eigenvalue weighted by molar-refractivity contribution is 7.19. The van der Waals surface area contributed by atoms with Gasteiger partial charge in [0.15, 0.2) is 11.5 Å². The second-order valence-corrected chi connectivity index (χ2v) is 5.88. The van der Waals surface area contributed by atoms with Crippen LogP contribution in [0.3, 0.4) is 0 Å². The molecule has 0 unspecified atom stereocenters. The van der Waals surface area contributed by atoms with Crippen LogP contribution in [0.2, 0.25) is 0 Å². The normalized spacial score (nSPS) is 16.4. The van der Waals surface area contributed by atoms with Gasteiger partial charge in [-0.05, 0) is 19.8 Å². The number of ether oxygens (including phenoxy) is 2. The SMILES string of the molecule is CCOC1CCN(c2sc(C(C)=O)c(N)c2OC)CC1. The van der Waals surface area contributed by atoms with Crippen molar-refractivity contribution >= 4 is 27.8 Å². The number of methoxy groups -OCH3 is 1. The lowest BCUT2D eigenvalue weighted by molar-refractivity contribution is 0.0459. The molecule has 2 N–H and O–H groups in total. The Hall–Kier alpha value is -1.27. The largest absolute Gasteiger partial charge is 0.492 e. The summed E-state index contributed by atoms with van der Waals surface area (Å²) in [5, 5.41) is 0.963. The Labute approximate surface area is 123 Å². The van der Waals surface area contributed by atoms with E-state index in [4.69, 9.17) is 15.2 Å². The molecule has 1 saturated heterocycles. The summed E-state index contributed by atoms with van der Waals surface area (Å²) in [7, 11) is 1.60. The van der Waals surface area contributed by atoms with Gasteiger partial charge in [0.05, 0.1) is 23.8 Å². The van der Waals surface area contributed by atoms with Crippen LogP contribution in [0.4, 0.5) is 10.7 Å². The molecule has 0 amide bonds. The highest BCUT2D eigenvalue weighted by Crippen LogP contribution is 2.45. The predicted octanol–water partition coefficient (Wildman–Crippen LogP) is 2.55. The number of hydrogen-bond donors (Lipinski definition) is 1. The summed E-state index contributed by atoms with van der Waals surface area (Å²) in [6, 6.07) is 0. The van der Waals surface area contributed by atoms with Crippen molar-refractivity contribution in [2.45, 2.75) is 32.8 Å². The number of hydrogen-bond acceptors (Lipinski definition) is 6. The Morgan fingerprint density at radius 2 is 2.10 bits per heavy atom. The van der Waals surface area contributed by atoms with E-state index >= 15 is 0 Å². The molecule has 2 rings (SSSR count). The standard InChI is InChI=1S/C14H22N2O3S/c1-4-19-10-5-7-16(8-6-10)14-12(18-3)11(15)13(20-14)9(2)17/h10H,4-8,15H2,1-3H3. The van der Waals surface area contributed by atoms with Gasteiger partial charge in [-0.1, -0.05) is 0 Å². The number of anilines is 2. The molecule has 6 heteroatoms. The van der Waals surface area contributed by atoms with Crippen LogP contribution in [0.15, 0.2) is 0 Å². The van der Waals surface area contributed by atoms with Crippen LogP contribution < -0.4 is 15.4 Å². The molecule has 0 atom stereocenters. The fourth-order valence-electron chi connectivity index (χ4n) is 2.54. The van der Waals surface area contributed by atoms with Crippen molar-refractivity contribution in [1.82, 2.24) is 0 Å². The summed E-state index contributed by atoms with van der Waals surface area (Å²) in [6.45, 7) is 6.12. The molecular weight excluding hydrogens is 276 g/mol. The van der Waals surface area contributed by atoms with Crippen LogP contribution in [0.1, 0.15) is 36.4 Å². The first-order valence-corrected chi connectivity index (χ1v) is 7.73. The minimum absolute atomic E-state index is 0.0127. The first kappa shape index (κ1) is 15.1. The first-order chi connectivity index (χ1) is 9.58. The molecule has 1 aliphatic heterocycles.